The summed E-state index contributed by atoms with van der Waals surface area (Å²) in [5.74, 6) is -0.680. The van der Waals surface area contributed by atoms with Crippen LogP contribution in [-0.2, 0) is 4.79 Å². The molecule has 0 aliphatic carbocycles. The monoisotopic (exact) mass is 228 g/mol. The fraction of sp³-hybridized carbons (Fsp3) is 0.875. The van der Waals surface area contributed by atoms with E-state index in [0.717, 1.165) is 0 Å². The molecule has 0 saturated heterocycles. The third-order valence-corrected chi connectivity index (χ3v) is 1.78. The van der Waals surface area contributed by atoms with Crippen LogP contribution >= 0.6 is 0 Å². The third-order valence-electron chi connectivity index (χ3n) is 1.78. The SMILES string of the molecule is CCC[C@@H](N)C(=O)NCC(O)C(F)(F)F. The van der Waals surface area contributed by atoms with Crippen LogP contribution in [0.25, 0.3) is 0 Å². The first-order chi connectivity index (χ1) is 6.79. The van der Waals surface area contributed by atoms with Gasteiger partial charge < -0.3 is 16.2 Å². The molecular formula is C8H15F3N2O2. The highest BCUT2D eigenvalue weighted by molar-refractivity contribution is 5.81. The Hall–Kier alpha value is -0.820. The summed E-state index contributed by atoms with van der Waals surface area (Å²) in [6, 6.07) is -0.824. The Labute approximate surface area is 85.6 Å². The first kappa shape index (κ1) is 14.2. The molecule has 2 atom stereocenters. The summed E-state index contributed by atoms with van der Waals surface area (Å²) in [6.07, 6.45) is -6.21. The molecule has 0 aliphatic heterocycles. The van der Waals surface area contributed by atoms with Gasteiger partial charge in [0.15, 0.2) is 6.10 Å². The fourth-order valence-corrected chi connectivity index (χ4v) is 0.886. The van der Waals surface area contributed by atoms with E-state index in [1.165, 1.54) is 0 Å². The molecule has 0 aromatic rings. The minimum Gasteiger partial charge on any atom is -0.382 e. The number of halogens is 3. The van der Waals surface area contributed by atoms with Gasteiger partial charge in [-0.05, 0) is 6.42 Å². The molecule has 0 saturated carbocycles. The maximum Gasteiger partial charge on any atom is 0.416 e. The molecule has 0 fully saturated rings. The molecule has 90 valence electrons. The Bertz CT molecular complexity index is 209. The number of alkyl halides is 3. The number of amides is 1. The standard InChI is InChI=1S/C8H15F3N2O2/c1-2-3-5(12)7(15)13-4-6(14)8(9,10)11/h5-6,14H,2-4,12H2,1H3,(H,13,15)/t5-,6?/m1/s1. The van der Waals surface area contributed by atoms with Gasteiger partial charge in [0, 0.05) is 0 Å². The van der Waals surface area contributed by atoms with Gasteiger partial charge in [0.25, 0.3) is 0 Å². The van der Waals surface area contributed by atoms with Crippen LogP contribution in [0.15, 0.2) is 0 Å². The molecule has 0 rings (SSSR count). The summed E-state index contributed by atoms with van der Waals surface area (Å²) in [7, 11) is 0. The lowest BCUT2D eigenvalue weighted by Gasteiger charge is -2.16. The molecule has 4 N–H and O–H groups in total. The highest BCUT2D eigenvalue weighted by Gasteiger charge is 2.38. The number of hydrogen-bond acceptors (Lipinski definition) is 3. The second-order valence-corrected chi connectivity index (χ2v) is 3.20. The highest BCUT2D eigenvalue weighted by atomic mass is 19.4. The van der Waals surface area contributed by atoms with E-state index in [2.05, 4.69) is 0 Å². The topological polar surface area (TPSA) is 75.4 Å². The molecule has 1 unspecified atom stereocenters. The van der Waals surface area contributed by atoms with Crippen molar-refractivity contribution in [3.63, 3.8) is 0 Å². The van der Waals surface area contributed by atoms with Crippen molar-refractivity contribution in [2.45, 2.75) is 38.1 Å². The van der Waals surface area contributed by atoms with Crippen LogP contribution in [0.2, 0.25) is 0 Å². The third kappa shape index (κ3) is 5.58. The van der Waals surface area contributed by atoms with Gasteiger partial charge in [0.05, 0.1) is 12.6 Å². The molecule has 0 radical (unpaired) electrons. The van der Waals surface area contributed by atoms with Crippen molar-refractivity contribution in [3.05, 3.63) is 0 Å². The van der Waals surface area contributed by atoms with E-state index >= 15 is 0 Å². The smallest absolute Gasteiger partial charge is 0.382 e. The van der Waals surface area contributed by atoms with Crippen LogP contribution in [0.5, 0.6) is 0 Å². The first-order valence-corrected chi connectivity index (χ1v) is 4.57. The Morgan fingerprint density at radius 2 is 2.07 bits per heavy atom. The van der Waals surface area contributed by atoms with Gasteiger partial charge in [0.2, 0.25) is 5.91 Å². The molecule has 7 heteroatoms. The zero-order chi connectivity index (χ0) is 12.1. The van der Waals surface area contributed by atoms with Crippen molar-refractivity contribution >= 4 is 5.91 Å². The maximum atomic E-state index is 11.8. The lowest BCUT2D eigenvalue weighted by atomic mass is 10.1. The molecule has 0 aromatic carbocycles. The fourth-order valence-electron chi connectivity index (χ4n) is 0.886. The number of aliphatic hydroxyl groups excluding tert-OH is 1. The predicted octanol–water partition coefficient (Wildman–Crippen LogP) is 0.153. The summed E-state index contributed by atoms with van der Waals surface area (Å²) < 4.78 is 35.4. The van der Waals surface area contributed by atoms with Crippen molar-refractivity contribution in [2.24, 2.45) is 5.73 Å². The number of aliphatic hydroxyl groups is 1. The Morgan fingerprint density at radius 3 is 2.47 bits per heavy atom. The number of nitrogens with one attached hydrogen (secondary N) is 1. The lowest BCUT2D eigenvalue weighted by molar-refractivity contribution is -0.201. The summed E-state index contributed by atoms with van der Waals surface area (Å²) in [5.41, 5.74) is 5.35. The highest BCUT2D eigenvalue weighted by Crippen LogP contribution is 2.19. The van der Waals surface area contributed by atoms with Gasteiger partial charge in [-0.15, -0.1) is 0 Å². The molecule has 4 nitrogen and oxygen atoms in total. The minimum absolute atomic E-state index is 0.397. The zero-order valence-electron chi connectivity index (χ0n) is 8.34. The van der Waals surface area contributed by atoms with E-state index in [4.69, 9.17) is 10.8 Å². The lowest BCUT2D eigenvalue weighted by Crippen LogP contribution is -2.46. The summed E-state index contributed by atoms with van der Waals surface area (Å²) >= 11 is 0. The number of carbonyl (C=O) groups is 1. The van der Waals surface area contributed by atoms with E-state index in [0.29, 0.717) is 12.8 Å². The largest absolute Gasteiger partial charge is 0.416 e. The van der Waals surface area contributed by atoms with Gasteiger partial charge >= 0.3 is 6.18 Å². The molecule has 0 spiro atoms. The zero-order valence-corrected chi connectivity index (χ0v) is 8.34. The van der Waals surface area contributed by atoms with Crippen molar-refractivity contribution in [1.29, 1.82) is 0 Å². The molecule has 1 amide bonds. The minimum atomic E-state index is -4.72. The van der Waals surface area contributed by atoms with Crippen LogP contribution < -0.4 is 11.1 Å². The second-order valence-electron chi connectivity index (χ2n) is 3.20. The Kier molecular flexibility index (Phi) is 5.59. The van der Waals surface area contributed by atoms with Gasteiger partial charge in [-0.3, -0.25) is 4.79 Å². The van der Waals surface area contributed by atoms with Crippen molar-refractivity contribution in [3.8, 4) is 0 Å². The van der Waals surface area contributed by atoms with E-state index in [1.54, 1.807) is 6.92 Å². The molecule has 0 bridgehead atoms. The molecular weight excluding hydrogens is 213 g/mol. The molecule has 0 aliphatic rings. The maximum absolute atomic E-state index is 11.8. The second kappa shape index (κ2) is 5.92. The summed E-state index contributed by atoms with van der Waals surface area (Å²) in [5, 5.41) is 10.5. The van der Waals surface area contributed by atoms with Crippen molar-refractivity contribution in [1.82, 2.24) is 5.32 Å². The van der Waals surface area contributed by atoms with Gasteiger partial charge in [-0.25, -0.2) is 0 Å². The van der Waals surface area contributed by atoms with Gasteiger partial charge in [-0.2, -0.15) is 13.2 Å². The Balaban J connectivity index is 3.90. The predicted molar refractivity (Wildman–Crippen MR) is 48.0 cm³/mol. The number of carbonyl (C=O) groups excluding carboxylic acids is 1. The molecule has 0 aromatic heterocycles. The first-order valence-electron chi connectivity index (χ1n) is 4.57. The van der Waals surface area contributed by atoms with Gasteiger partial charge in [-0.1, -0.05) is 13.3 Å². The van der Waals surface area contributed by atoms with Crippen LogP contribution in [0.1, 0.15) is 19.8 Å². The van der Waals surface area contributed by atoms with Crippen LogP contribution in [0.3, 0.4) is 0 Å². The Morgan fingerprint density at radius 1 is 1.53 bits per heavy atom. The van der Waals surface area contributed by atoms with Crippen LogP contribution in [0, 0.1) is 0 Å². The van der Waals surface area contributed by atoms with Gasteiger partial charge in [0.1, 0.15) is 0 Å². The van der Waals surface area contributed by atoms with E-state index in [-0.39, 0.29) is 0 Å². The number of hydrogen-bond donors (Lipinski definition) is 3. The quantitative estimate of drug-likeness (QED) is 0.627. The number of nitrogens with two attached hydrogens (primary N) is 1. The van der Waals surface area contributed by atoms with E-state index in [1.807, 2.05) is 5.32 Å². The normalized spacial score (nSPS) is 15.9. The van der Waals surface area contributed by atoms with Crippen LogP contribution in [-0.4, -0.2) is 35.9 Å². The summed E-state index contributed by atoms with van der Waals surface area (Å²) in [6.45, 7) is 0.942. The van der Waals surface area contributed by atoms with Crippen molar-refractivity contribution < 1.29 is 23.1 Å². The van der Waals surface area contributed by atoms with E-state index in [9.17, 15) is 18.0 Å². The molecule has 0 heterocycles. The average Bonchev–Trinajstić information content (AvgIpc) is 2.12. The van der Waals surface area contributed by atoms with E-state index < -0.39 is 30.8 Å². The molecule has 15 heavy (non-hydrogen) atoms. The average molecular weight is 228 g/mol. The number of rotatable bonds is 5. The summed E-state index contributed by atoms with van der Waals surface area (Å²) in [4.78, 5) is 11.0. The van der Waals surface area contributed by atoms with Crippen LogP contribution in [0.4, 0.5) is 13.2 Å². The van der Waals surface area contributed by atoms with Crippen molar-refractivity contribution in [2.75, 3.05) is 6.54 Å².